The number of nitrogen functional groups attached to an aromatic ring is 1. The van der Waals surface area contributed by atoms with Crippen LogP contribution in [0.4, 0.5) is 10.1 Å². The van der Waals surface area contributed by atoms with Crippen LogP contribution in [0.3, 0.4) is 0 Å². The zero-order valence-electron chi connectivity index (χ0n) is 8.22. The molecule has 1 aromatic rings. The van der Waals surface area contributed by atoms with Crippen molar-refractivity contribution in [3.8, 4) is 0 Å². The Kier molecular flexibility index (Phi) is 3.91. The van der Waals surface area contributed by atoms with Gasteiger partial charge in [0.05, 0.1) is 13.0 Å². The number of esters is 1. The Morgan fingerprint density at radius 2 is 2.27 bits per heavy atom. The quantitative estimate of drug-likeness (QED) is 0.641. The standard InChI is InChI=1S/C10H11ClFNO2/c1-2-15-10(14)5-7-8(11)3-6(13)4-9(7)12/h3-4H,2,5,13H2,1H3. The maximum absolute atomic E-state index is 13.3. The number of benzene rings is 1. The predicted octanol–water partition coefficient (Wildman–Crippen LogP) is 2.17. The molecule has 0 saturated heterocycles. The summed E-state index contributed by atoms with van der Waals surface area (Å²) < 4.78 is 18.0. The molecule has 0 amide bonds. The monoisotopic (exact) mass is 231 g/mol. The summed E-state index contributed by atoms with van der Waals surface area (Å²) in [7, 11) is 0. The molecule has 82 valence electrons. The van der Waals surface area contributed by atoms with Gasteiger partial charge in [-0.25, -0.2) is 4.39 Å². The molecule has 0 aliphatic carbocycles. The Hall–Kier alpha value is -1.29. The van der Waals surface area contributed by atoms with Gasteiger partial charge in [0.2, 0.25) is 0 Å². The van der Waals surface area contributed by atoms with Gasteiger partial charge in [-0.2, -0.15) is 0 Å². The summed E-state index contributed by atoms with van der Waals surface area (Å²) in [6.07, 6.45) is -0.182. The van der Waals surface area contributed by atoms with Gasteiger partial charge >= 0.3 is 5.97 Å². The van der Waals surface area contributed by atoms with Crippen molar-refractivity contribution in [1.82, 2.24) is 0 Å². The van der Waals surface area contributed by atoms with Crippen LogP contribution in [0.5, 0.6) is 0 Å². The molecule has 0 heterocycles. The van der Waals surface area contributed by atoms with E-state index >= 15 is 0 Å². The minimum absolute atomic E-state index is 0.115. The molecule has 0 atom stereocenters. The molecule has 0 bridgehead atoms. The largest absolute Gasteiger partial charge is 0.466 e. The third-order valence-corrected chi connectivity index (χ3v) is 2.13. The lowest BCUT2D eigenvalue weighted by atomic mass is 10.1. The van der Waals surface area contributed by atoms with Crippen molar-refractivity contribution in [3.63, 3.8) is 0 Å². The van der Waals surface area contributed by atoms with Crippen molar-refractivity contribution in [2.75, 3.05) is 12.3 Å². The van der Waals surface area contributed by atoms with Crippen LogP contribution in [0.1, 0.15) is 12.5 Å². The predicted molar refractivity (Wildman–Crippen MR) is 56.2 cm³/mol. The van der Waals surface area contributed by atoms with Gasteiger partial charge in [0.15, 0.2) is 0 Å². The lowest BCUT2D eigenvalue weighted by Gasteiger charge is -2.06. The molecule has 2 N–H and O–H groups in total. The normalized spacial score (nSPS) is 10.1. The highest BCUT2D eigenvalue weighted by Crippen LogP contribution is 2.23. The summed E-state index contributed by atoms with van der Waals surface area (Å²) in [6.45, 7) is 1.94. The van der Waals surface area contributed by atoms with E-state index in [0.717, 1.165) is 6.07 Å². The van der Waals surface area contributed by atoms with E-state index < -0.39 is 11.8 Å². The minimum atomic E-state index is -0.590. The lowest BCUT2D eigenvalue weighted by molar-refractivity contribution is -0.142. The topological polar surface area (TPSA) is 52.3 Å². The van der Waals surface area contributed by atoms with Gasteiger partial charge in [-0.3, -0.25) is 4.79 Å². The fourth-order valence-corrected chi connectivity index (χ4v) is 1.43. The van der Waals surface area contributed by atoms with Gasteiger partial charge in [-0.15, -0.1) is 0 Å². The number of rotatable bonds is 3. The number of carbonyl (C=O) groups excluding carboxylic acids is 1. The van der Waals surface area contributed by atoms with Gasteiger partial charge in [0, 0.05) is 16.3 Å². The second kappa shape index (κ2) is 4.98. The average molecular weight is 232 g/mol. The number of hydrogen-bond donors (Lipinski definition) is 1. The average Bonchev–Trinajstić information content (AvgIpc) is 2.11. The van der Waals surface area contributed by atoms with Crippen LogP contribution in [0, 0.1) is 5.82 Å². The Labute approximate surface area is 92.0 Å². The Morgan fingerprint density at radius 1 is 1.60 bits per heavy atom. The zero-order valence-corrected chi connectivity index (χ0v) is 8.97. The lowest BCUT2D eigenvalue weighted by Crippen LogP contribution is -2.09. The van der Waals surface area contributed by atoms with E-state index in [1.807, 2.05) is 0 Å². The highest BCUT2D eigenvalue weighted by molar-refractivity contribution is 6.31. The minimum Gasteiger partial charge on any atom is -0.466 e. The molecule has 0 aliphatic rings. The van der Waals surface area contributed by atoms with E-state index in [1.165, 1.54) is 6.07 Å². The highest BCUT2D eigenvalue weighted by atomic mass is 35.5. The molecule has 0 saturated carbocycles. The maximum Gasteiger partial charge on any atom is 0.310 e. The Balaban J connectivity index is 2.90. The molecule has 0 aliphatic heterocycles. The summed E-state index contributed by atoms with van der Waals surface area (Å²) in [5.74, 6) is -1.10. The van der Waals surface area contributed by atoms with Crippen molar-refractivity contribution < 1.29 is 13.9 Å². The molecule has 0 unspecified atom stereocenters. The molecule has 0 aromatic heterocycles. The summed E-state index contributed by atoms with van der Waals surface area (Å²) in [4.78, 5) is 11.1. The van der Waals surface area contributed by atoms with Gasteiger partial charge in [0.1, 0.15) is 5.82 Å². The first-order chi connectivity index (χ1) is 7.04. The van der Waals surface area contributed by atoms with Gasteiger partial charge in [0.25, 0.3) is 0 Å². The number of nitrogens with two attached hydrogens (primary N) is 1. The van der Waals surface area contributed by atoms with Gasteiger partial charge in [-0.05, 0) is 19.1 Å². The molecule has 0 radical (unpaired) electrons. The second-order valence-corrected chi connectivity index (χ2v) is 3.35. The number of halogens is 2. The first-order valence-corrected chi connectivity index (χ1v) is 4.81. The molecule has 0 fully saturated rings. The number of ether oxygens (including phenoxy) is 1. The van der Waals surface area contributed by atoms with Crippen molar-refractivity contribution in [2.24, 2.45) is 0 Å². The summed E-state index contributed by atoms with van der Waals surface area (Å²) in [5, 5.41) is 0.139. The van der Waals surface area contributed by atoms with Crippen molar-refractivity contribution in [2.45, 2.75) is 13.3 Å². The molecule has 1 aromatic carbocycles. The molecule has 5 heteroatoms. The Morgan fingerprint density at radius 3 is 2.80 bits per heavy atom. The summed E-state index contributed by atoms with van der Waals surface area (Å²) >= 11 is 5.75. The molecular weight excluding hydrogens is 221 g/mol. The number of carbonyl (C=O) groups is 1. The Bertz CT molecular complexity index is 359. The molecular formula is C10H11ClFNO2. The maximum atomic E-state index is 13.3. The molecule has 1 rings (SSSR count). The van der Waals surface area contributed by atoms with Gasteiger partial charge in [-0.1, -0.05) is 11.6 Å². The van der Waals surface area contributed by atoms with Crippen LogP contribution < -0.4 is 5.73 Å². The highest BCUT2D eigenvalue weighted by Gasteiger charge is 2.13. The molecule has 0 spiro atoms. The van der Waals surface area contributed by atoms with E-state index in [2.05, 4.69) is 0 Å². The zero-order chi connectivity index (χ0) is 11.4. The van der Waals surface area contributed by atoms with Crippen molar-refractivity contribution in [1.29, 1.82) is 0 Å². The van der Waals surface area contributed by atoms with E-state index in [1.54, 1.807) is 6.92 Å². The first kappa shape index (κ1) is 11.8. The van der Waals surface area contributed by atoms with Crippen LogP contribution in [-0.2, 0) is 16.0 Å². The fourth-order valence-electron chi connectivity index (χ4n) is 1.15. The van der Waals surface area contributed by atoms with E-state index in [9.17, 15) is 9.18 Å². The SMILES string of the molecule is CCOC(=O)Cc1c(F)cc(N)cc1Cl. The van der Waals surface area contributed by atoms with E-state index in [4.69, 9.17) is 22.1 Å². The van der Waals surface area contributed by atoms with Crippen molar-refractivity contribution >= 4 is 23.3 Å². The van der Waals surface area contributed by atoms with Crippen LogP contribution in [0.2, 0.25) is 5.02 Å². The first-order valence-electron chi connectivity index (χ1n) is 4.43. The second-order valence-electron chi connectivity index (χ2n) is 2.94. The summed E-state index contributed by atoms with van der Waals surface area (Å²) in [6, 6.07) is 2.53. The van der Waals surface area contributed by atoms with E-state index in [0.29, 0.717) is 0 Å². The third kappa shape index (κ3) is 3.09. The fraction of sp³-hybridized carbons (Fsp3) is 0.300. The van der Waals surface area contributed by atoms with Crippen molar-refractivity contribution in [3.05, 3.63) is 28.5 Å². The molecule has 15 heavy (non-hydrogen) atoms. The van der Waals surface area contributed by atoms with Crippen LogP contribution in [0.25, 0.3) is 0 Å². The van der Waals surface area contributed by atoms with Crippen LogP contribution in [0.15, 0.2) is 12.1 Å². The number of hydrogen-bond acceptors (Lipinski definition) is 3. The van der Waals surface area contributed by atoms with E-state index in [-0.39, 0.29) is 29.3 Å². The number of anilines is 1. The summed E-state index contributed by atoms with van der Waals surface area (Å²) in [5.41, 5.74) is 5.72. The van der Waals surface area contributed by atoms with Crippen LogP contribution in [-0.4, -0.2) is 12.6 Å². The van der Waals surface area contributed by atoms with Gasteiger partial charge < -0.3 is 10.5 Å². The van der Waals surface area contributed by atoms with Crippen LogP contribution >= 0.6 is 11.6 Å². The smallest absolute Gasteiger partial charge is 0.310 e. The third-order valence-electron chi connectivity index (χ3n) is 1.79. The molecule has 3 nitrogen and oxygen atoms in total.